The number of amides is 1. The van der Waals surface area contributed by atoms with Crippen LogP contribution in [0.4, 0.5) is 5.95 Å². The Bertz CT molecular complexity index is 840. The molecule has 1 amide bonds. The third-order valence-electron chi connectivity index (χ3n) is 5.37. The van der Waals surface area contributed by atoms with Crippen molar-refractivity contribution in [1.82, 2.24) is 15.3 Å². The topological polar surface area (TPSA) is 80.5 Å². The molecule has 0 radical (unpaired) electrons. The van der Waals surface area contributed by atoms with E-state index in [1.165, 1.54) is 0 Å². The Labute approximate surface area is 159 Å². The predicted molar refractivity (Wildman–Crippen MR) is 101 cm³/mol. The molecule has 1 N–H and O–H groups in total. The van der Waals surface area contributed by atoms with E-state index in [-0.39, 0.29) is 17.4 Å². The van der Waals surface area contributed by atoms with Gasteiger partial charge >= 0.3 is 0 Å². The molecule has 1 saturated heterocycles. The van der Waals surface area contributed by atoms with E-state index in [9.17, 15) is 4.79 Å². The predicted octanol–water partition coefficient (Wildman–Crippen LogP) is 2.66. The molecule has 1 fully saturated rings. The van der Waals surface area contributed by atoms with Gasteiger partial charge in [0.1, 0.15) is 5.76 Å². The highest BCUT2D eigenvalue weighted by atomic mass is 16.5. The summed E-state index contributed by atoms with van der Waals surface area (Å²) in [5, 5.41) is 3.16. The molecule has 3 heterocycles. The van der Waals surface area contributed by atoms with E-state index < -0.39 is 0 Å². The Hall–Kier alpha value is -2.41. The molecule has 2 aliphatic rings. The molecular weight excluding hydrogens is 344 g/mol. The largest absolute Gasteiger partial charge is 0.469 e. The Morgan fingerprint density at radius 3 is 2.81 bits per heavy atom. The third kappa shape index (κ3) is 3.69. The molecule has 7 heteroatoms. The Morgan fingerprint density at radius 1 is 1.33 bits per heavy atom. The van der Waals surface area contributed by atoms with Gasteiger partial charge in [-0.3, -0.25) is 4.79 Å². The molecule has 2 aromatic rings. The number of nitrogens with zero attached hydrogens (tertiary/aromatic N) is 3. The molecule has 4 rings (SSSR count). The number of hydrogen-bond acceptors (Lipinski definition) is 6. The highest BCUT2D eigenvalue weighted by molar-refractivity contribution is 5.95. The molecule has 0 bridgehead atoms. The van der Waals surface area contributed by atoms with Crippen LogP contribution in [0, 0.1) is 12.3 Å². The molecule has 1 aliphatic heterocycles. The van der Waals surface area contributed by atoms with Crippen molar-refractivity contribution in [3.05, 3.63) is 41.1 Å². The van der Waals surface area contributed by atoms with Crippen LogP contribution in [-0.2, 0) is 11.2 Å². The molecule has 27 heavy (non-hydrogen) atoms. The van der Waals surface area contributed by atoms with E-state index in [0.29, 0.717) is 24.5 Å². The maximum atomic E-state index is 12.7. The molecule has 1 aliphatic carbocycles. The molecule has 0 unspecified atom stereocenters. The zero-order valence-electron chi connectivity index (χ0n) is 16.1. The second-order valence-electron chi connectivity index (χ2n) is 8.13. The zero-order valence-corrected chi connectivity index (χ0v) is 16.1. The number of anilines is 1. The quantitative estimate of drug-likeness (QED) is 0.895. The van der Waals surface area contributed by atoms with E-state index >= 15 is 0 Å². The molecule has 1 atom stereocenters. The first-order valence-corrected chi connectivity index (χ1v) is 9.46. The number of ether oxygens (including phenoxy) is 1. The van der Waals surface area contributed by atoms with Crippen LogP contribution in [-0.4, -0.2) is 42.2 Å². The van der Waals surface area contributed by atoms with E-state index in [1.54, 1.807) is 19.3 Å². The van der Waals surface area contributed by atoms with Crippen molar-refractivity contribution < 1.29 is 13.9 Å². The summed E-state index contributed by atoms with van der Waals surface area (Å²) in [6.07, 6.45) is 5.15. The number of furan rings is 1. The normalized spacial score (nSPS) is 21.6. The van der Waals surface area contributed by atoms with Gasteiger partial charge < -0.3 is 19.4 Å². The Kier molecular flexibility index (Phi) is 4.63. The number of aromatic nitrogens is 2. The monoisotopic (exact) mass is 370 g/mol. The van der Waals surface area contributed by atoms with Gasteiger partial charge in [0.05, 0.1) is 36.8 Å². The second-order valence-corrected chi connectivity index (χ2v) is 8.13. The molecule has 0 aromatic carbocycles. The number of morpholine rings is 1. The van der Waals surface area contributed by atoms with Crippen molar-refractivity contribution >= 4 is 11.9 Å². The fourth-order valence-corrected chi connectivity index (χ4v) is 3.94. The van der Waals surface area contributed by atoms with Crippen LogP contribution in [0.2, 0.25) is 0 Å². The highest BCUT2D eigenvalue weighted by Crippen LogP contribution is 2.40. The summed E-state index contributed by atoms with van der Waals surface area (Å²) in [4.78, 5) is 24.3. The van der Waals surface area contributed by atoms with Crippen LogP contribution in [0.15, 0.2) is 22.9 Å². The molecule has 144 valence electrons. The Balaban J connectivity index is 1.61. The summed E-state index contributed by atoms with van der Waals surface area (Å²) < 4.78 is 10.7. The van der Waals surface area contributed by atoms with Crippen molar-refractivity contribution in [3.8, 4) is 0 Å². The van der Waals surface area contributed by atoms with Gasteiger partial charge in [-0.1, -0.05) is 13.8 Å². The number of carbonyl (C=O) groups is 1. The SMILES string of the molecule is Cc1occc1C(=O)N[C@@H]1CC(C)(C)Cc2nc(N3CCOCC3)ncc21. The lowest BCUT2D eigenvalue weighted by Gasteiger charge is -2.37. The summed E-state index contributed by atoms with van der Waals surface area (Å²) in [7, 11) is 0. The molecule has 0 spiro atoms. The summed E-state index contributed by atoms with van der Waals surface area (Å²) in [6, 6.07) is 1.60. The fraction of sp³-hybridized carbons (Fsp3) is 0.550. The molecule has 2 aromatic heterocycles. The third-order valence-corrected chi connectivity index (χ3v) is 5.37. The Morgan fingerprint density at radius 2 is 2.11 bits per heavy atom. The van der Waals surface area contributed by atoms with Crippen LogP contribution < -0.4 is 10.2 Å². The van der Waals surface area contributed by atoms with E-state index in [1.807, 2.05) is 6.20 Å². The number of rotatable bonds is 3. The summed E-state index contributed by atoms with van der Waals surface area (Å²) >= 11 is 0. The minimum absolute atomic E-state index is 0.0486. The second kappa shape index (κ2) is 6.96. The first-order valence-electron chi connectivity index (χ1n) is 9.46. The van der Waals surface area contributed by atoms with Crippen molar-refractivity contribution in [2.24, 2.45) is 5.41 Å². The van der Waals surface area contributed by atoms with Crippen molar-refractivity contribution in [2.75, 3.05) is 31.2 Å². The van der Waals surface area contributed by atoms with Crippen molar-refractivity contribution in [2.45, 2.75) is 39.7 Å². The average molecular weight is 370 g/mol. The molecule has 7 nitrogen and oxygen atoms in total. The number of nitrogens with one attached hydrogen (secondary N) is 1. The van der Waals surface area contributed by atoms with Gasteiger partial charge in [-0.05, 0) is 31.2 Å². The summed E-state index contributed by atoms with van der Waals surface area (Å²) in [5.74, 6) is 1.26. The van der Waals surface area contributed by atoms with Crippen LogP contribution >= 0.6 is 0 Å². The number of aryl methyl sites for hydroxylation is 1. The molecular formula is C20H26N4O3. The number of carbonyl (C=O) groups excluding carboxylic acids is 1. The van der Waals surface area contributed by atoms with Crippen molar-refractivity contribution in [3.63, 3.8) is 0 Å². The average Bonchev–Trinajstić information content (AvgIpc) is 3.07. The highest BCUT2D eigenvalue weighted by Gasteiger charge is 2.35. The lowest BCUT2D eigenvalue weighted by molar-refractivity contribution is 0.0917. The van der Waals surface area contributed by atoms with Gasteiger partial charge in [-0.2, -0.15) is 0 Å². The van der Waals surface area contributed by atoms with Crippen molar-refractivity contribution in [1.29, 1.82) is 0 Å². The first-order chi connectivity index (χ1) is 12.9. The lowest BCUT2D eigenvalue weighted by Crippen LogP contribution is -2.39. The smallest absolute Gasteiger partial charge is 0.255 e. The van der Waals surface area contributed by atoms with Crippen LogP contribution in [0.5, 0.6) is 0 Å². The zero-order chi connectivity index (χ0) is 19.0. The molecule has 0 saturated carbocycles. The first kappa shape index (κ1) is 18.0. The van der Waals surface area contributed by atoms with Gasteiger partial charge in [-0.15, -0.1) is 0 Å². The van der Waals surface area contributed by atoms with Crippen LogP contribution in [0.1, 0.15) is 53.7 Å². The van der Waals surface area contributed by atoms with Gasteiger partial charge in [0, 0.05) is 24.8 Å². The van der Waals surface area contributed by atoms with E-state index in [2.05, 4.69) is 29.0 Å². The fourth-order valence-electron chi connectivity index (χ4n) is 3.94. The maximum absolute atomic E-state index is 12.7. The van der Waals surface area contributed by atoms with Crippen LogP contribution in [0.3, 0.4) is 0 Å². The van der Waals surface area contributed by atoms with Gasteiger partial charge in [0.25, 0.3) is 5.91 Å². The maximum Gasteiger partial charge on any atom is 0.255 e. The van der Waals surface area contributed by atoms with Crippen LogP contribution in [0.25, 0.3) is 0 Å². The summed E-state index contributed by atoms with van der Waals surface area (Å²) in [6.45, 7) is 9.25. The van der Waals surface area contributed by atoms with Gasteiger partial charge in [0.15, 0.2) is 0 Å². The van der Waals surface area contributed by atoms with E-state index in [4.69, 9.17) is 14.1 Å². The lowest BCUT2D eigenvalue weighted by atomic mass is 9.74. The minimum atomic E-state index is -0.118. The standard InChI is InChI=1S/C20H26N4O3/c1-13-14(4-7-27-13)18(25)22-16-10-20(2,3)11-17-15(16)12-21-19(23-17)24-5-8-26-9-6-24/h4,7,12,16H,5-6,8-11H2,1-3H3,(H,22,25)/t16-/m1/s1. The van der Waals surface area contributed by atoms with Gasteiger partial charge in [-0.25, -0.2) is 9.97 Å². The number of fused-ring (bicyclic) bond motifs is 1. The van der Waals surface area contributed by atoms with E-state index in [0.717, 1.165) is 43.1 Å². The summed E-state index contributed by atoms with van der Waals surface area (Å²) in [5.41, 5.74) is 2.66. The minimum Gasteiger partial charge on any atom is -0.469 e. The number of hydrogen-bond donors (Lipinski definition) is 1. The van der Waals surface area contributed by atoms with Gasteiger partial charge in [0.2, 0.25) is 5.95 Å².